The van der Waals surface area contributed by atoms with E-state index >= 15 is 0 Å². The van der Waals surface area contributed by atoms with Gasteiger partial charge >= 0.3 is 0 Å². The van der Waals surface area contributed by atoms with Gasteiger partial charge in [0.15, 0.2) is 5.78 Å². The molecule has 1 amide bonds. The number of anilines is 2. The number of hydrogen-bond donors (Lipinski definition) is 2. The fourth-order valence-corrected chi connectivity index (χ4v) is 2.50. The number of aryl methyl sites for hydroxylation is 1. The molecule has 0 radical (unpaired) electrons. The Balaban J connectivity index is 1.60. The molecule has 0 saturated carbocycles. The first-order chi connectivity index (χ1) is 12.5. The summed E-state index contributed by atoms with van der Waals surface area (Å²) >= 11 is 0. The zero-order valence-electron chi connectivity index (χ0n) is 14.4. The molecule has 0 aliphatic carbocycles. The van der Waals surface area contributed by atoms with Crippen molar-refractivity contribution in [2.75, 3.05) is 17.2 Å². The summed E-state index contributed by atoms with van der Waals surface area (Å²) in [5.74, 6) is -0.245. The molecule has 0 atom stereocenters. The van der Waals surface area contributed by atoms with Crippen molar-refractivity contribution < 1.29 is 9.59 Å². The van der Waals surface area contributed by atoms with Crippen LogP contribution in [0.25, 0.3) is 5.69 Å². The number of ketones is 1. The van der Waals surface area contributed by atoms with Crippen molar-refractivity contribution in [1.29, 1.82) is 0 Å². The Labute approximate surface area is 150 Å². The second-order valence-corrected chi connectivity index (χ2v) is 5.79. The summed E-state index contributed by atoms with van der Waals surface area (Å²) in [6.07, 6.45) is 1.53. The Morgan fingerprint density at radius 2 is 1.96 bits per heavy atom. The molecule has 0 saturated heterocycles. The maximum atomic E-state index is 12.1. The van der Waals surface area contributed by atoms with E-state index in [4.69, 9.17) is 0 Å². The highest BCUT2D eigenvalue weighted by atomic mass is 16.2. The molecule has 0 fully saturated rings. The zero-order chi connectivity index (χ0) is 18.5. The van der Waals surface area contributed by atoms with E-state index in [1.807, 2.05) is 25.1 Å². The Hall–Kier alpha value is -3.55. The lowest BCUT2D eigenvalue weighted by molar-refractivity contribution is -0.114. The van der Waals surface area contributed by atoms with E-state index in [-0.39, 0.29) is 18.2 Å². The number of nitrogens with one attached hydrogen (secondary N) is 2. The van der Waals surface area contributed by atoms with Gasteiger partial charge in [-0.1, -0.05) is 12.1 Å². The number of rotatable bonds is 6. The number of nitrogens with zero attached hydrogens (tertiary/aromatic N) is 4. The van der Waals surface area contributed by atoms with Gasteiger partial charge in [0.25, 0.3) is 0 Å². The molecule has 2 N–H and O–H groups in total. The molecule has 0 aliphatic heterocycles. The van der Waals surface area contributed by atoms with Crippen LogP contribution in [0.2, 0.25) is 0 Å². The number of Topliss-reactive ketones (excluding diaryl/α,β-unsaturated/α-hetero) is 1. The average Bonchev–Trinajstić information content (AvgIpc) is 3.14. The molecule has 1 aromatic heterocycles. The minimum absolute atomic E-state index is 0.0441. The normalized spacial score (nSPS) is 10.4. The number of aromatic nitrogens is 4. The molecule has 0 aliphatic rings. The zero-order valence-corrected chi connectivity index (χ0v) is 14.4. The lowest BCUT2D eigenvalue weighted by atomic mass is 10.1. The quantitative estimate of drug-likeness (QED) is 0.661. The molecule has 3 aromatic rings. The fourth-order valence-electron chi connectivity index (χ4n) is 2.50. The Morgan fingerprint density at radius 3 is 2.65 bits per heavy atom. The van der Waals surface area contributed by atoms with Crippen molar-refractivity contribution in [2.45, 2.75) is 13.8 Å². The Bertz CT molecular complexity index is 937. The second kappa shape index (κ2) is 7.56. The van der Waals surface area contributed by atoms with Crippen molar-refractivity contribution in [3.05, 3.63) is 59.9 Å². The lowest BCUT2D eigenvalue weighted by Crippen LogP contribution is -2.22. The van der Waals surface area contributed by atoms with E-state index in [9.17, 15) is 9.59 Å². The molecular formula is C18H18N6O2. The fraction of sp³-hybridized carbons (Fsp3) is 0.167. The van der Waals surface area contributed by atoms with Crippen LogP contribution in [-0.2, 0) is 4.79 Å². The van der Waals surface area contributed by atoms with E-state index in [0.29, 0.717) is 11.3 Å². The van der Waals surface area contributed by atoms with E-state index in [0.717, 1.165) is 16.9 Å². The first-order valence-electron chi connectivity index (χ1n) is 8.01. The maximum absolute atomic E-state index is 12.1. The van der Waals surface area contributed by atoms with Gasteiger partial charge in [0.05, 0.1) is 12.2 Å². The summed E-state index contributed by atoms with van der Waals surface area (Å²) in [4.78, 5) is 23.5. The first-order valence-corrected chi connectivity index (χ1v) is 8.01. The Morgan fingerprint density at radius 1 is 1.12 bits per heavy atom. The predicted octanol–water partition coefficient (Wildman–Crippen LogP) is 2.22. The van der Waals surface area contributed by atoms with Gasteiger partial charge in [-0.15, -0.1) is 5.10 Å². The molecule has 0 unspecified atom stereocenters. The van der Waals surface area contributed by atoms with Gasteiger partial charge in [-0.2, -0.15) is 0 Å². The van der Waals surface area contributed by atoms with Crippen LogP contribution >= 0.6 is 0 Å². The third-order valence-corrected chi connectivity index (χ3v) is 3.80. The number of carbonyl (C=O) groups excluding carboxylic acids is 2. The highest BCUT2D eigenvalue weighted by Gasteiger charge is 2.07. The predicted molar refractivity (Wildman–Crippen MR) is 97.5 cm³/mol. The van der Waals surface area contributed by atoms with Crippen LogP contribution in [0.15, 0.2) is 48.8 Å². The summed E-state index contributed by atoms with van der Waals surface area (Å²) in [6.45, 7) is 3.54. The molecule has 0 spiro atoms. The van der Waals surface area contributed by atoms with Crippen molar-refractivity contribution in [3.8, 4) is 5.69 Å². The SMILES string of the molecule is CC(=O)c1cccc(NC(=O)CNc2ccc(-n3cnnn3)c(C)c2)c1. The minimum Gasteiger partial charge on any atom is -0.376 e. The molecule has 26 heavy (non-hydrogen) atoms. The number of amides is 1. The standard InChI is InChI=1S/C18H18N6O2/c1-12-8-15(6-7-17(12)24-11-20-22-23-24)19-10-18(26)21-16-5-3-4-14(9-16)13(2)25/h3-9,11,19H,10H2,1-2H3,(H,21,26). The highest BCUT2D eigenvalue weighted by molar-refractivity contribution is 5.98. The monoisotopic (exact) mass is 350 g/mol. The highest BCUT2D eigenvalue weighted by Crippen LogP contribution is 2.18. The van der Waals surface area contributed by atoms with Gasteiger partial charge < -0.3 is 10.6 Å². The van der Waals surface area contributed by atoms with Gasteiger partial charge in [-0.3, -0.25) is 9.59 Å². The van der Waals surface area contributed by atoms with Crippen LogP contribution in [0.5, 0.6) is 0 Å². The van der Waals surface area contributed by atoms with Crippen molar-refractivity contribution in [1.82, 2.24) is 20.2 Å². The van der Waals surface area contributed by atoms with E-state index < -0.39 is 0 Å². The third-order valence-electron chi connectivity index (χ3n) is 3.80. The van der Waals surface area contributed by atoms with Gasteiger partial charge in [0, 0.05) is 16.9 Å². The van der Waals surface area contributed by atoms with Crippen molar-refractivity contribution >= 4 is 23.1 Å². The van der Waals surface area contributed by atoms with E-state index in [1.165, 1.54) is 13.3 Å². The Kier molecular flexibility index (Phi) is 5.02. The molecule has 2 aromatic carbocycles. The maximum Gasteiger partial charge on any atom is 0.243 e. The molecule has 3 rings (SSSR count). The summed E-state index contributed by atoms with van der Waals surface area (Å²) in [5, 5.41) is 17.0. The second-order valence-electron chi connectivity index (χ2n) is 5.79. The minimum atomic E-state index is -0.201. The van der Waals surface area contributed by atoms with E-state index in [2.05, 4.69) is 26.2 Å². The average molecular weight is 350 g/mol. The van der Waals surface area contributed by atoms with Crippen LogP contribution < -0.4 is 10.6 Å². The summed E-state index contributed by atoms with van der Waals surface area (Å²) < 4.78 is 1.58. The van der Waals surface area contributed by atoms with Crippen LogP contribution in [-0.4, -0.2) is 38.4 Å². The molecular weight excluding hydrogens is 332 g/mol. The smallest absolute Gasteiger partial charge is 0.243 e. The first kappa shape index (κ1) is 17.3. The number of tetrazole rings is 1. The van der Waals surface area contributed by atoms with Crippen LogP contribution in [0.3, 0.4) is 0 Å². The van der Waals surface area contributed by atoms with Crippen LogP contribution in [0, 0.1) is 6.92 Å². The largest absolute Gasteiger partial charge is 0.376 e. The molecule has 8 nitrogen and oxygen atoms in total. The van der Waals surface area contributed by atoms with Crippen LogP contribution in [0.4, 0.5) is 11.4 Å². The summed E-state index contributed by atoms with van der Waals surface area (Å²) in [6, 6.07) is 12.5. The summed E-state index contributed by atoms with van der Waals surface area (Å²) in [5.41, 5.74) is 3.80. The van der Waals surface area contributed by atoms with Gasteiger partial charge in [0.1, 0.15) is 6.33 Å². The number of benzene rings is 2. The van der Waals surface area contributed by atoms with Crippen LogP contribution in [0.1, 0.15) is 22.8 Å². The van der Waals surface area contributed by atoms with Crippen molar-refractivity contribution in [3.63, 3.8) is 0 Å². The van der Waals surface area contributed by atoms with Gasteiger partial charge in [-0.25, -0.2) is 4.68 Å². The molecule has 1 heterocycles. The topological polar surface area (TPSA) is 102 Å². The molecule has 8 heteroatoms. The van der Waals surface area contributed by atoms with Gasteiger partial charge in [-0.05, 0) is 60.2 Å². The van der Waals surface area contributed by atoms with E-state index in [1.54, 1.807) is 28.9 Å². The lowest BCUT2D eigenvalue weighted by Gasteiger charge is -2.11. The van der Waals surface area contributed by atoms with Crippen molar-refractivity contribution in [2.24, 2.45) is 0 Å². The van der Waals surface area contributed by atoms with Gasteiger partial charge in [0.2, 0.25) is 5.91 Å². The number of hydrogen-bond acceptors (Lipinski definition) is 6. The molecule has 132 valence electrons. The number of carbonyl (C=O) groups is 2. The third kappa shape index (κ3) is 4.10. The molecule has 0 bridgehead atoms. The summed E-state index contributed by atoms with van der Waals surface area (Å²) in [7, 11) is 0.